The first-order valence-electron chi connectivity index (χ1n) is 6.63. The lowest BCUT2D eigenvalue weighted by Crippen LogP contribution is -2.28. The van der Waals surface area contributed by atoms with Crippen LogP contribution in [0.4, 0.5) is 0 Å². The number of aromatic nitrogens is 6. The van der Waals surface area contributed by atoms with Crippen LogP contribution in [0.15, 0.2) is 4.79 Å². The third-order valence-corrected chi connectivity index (χ3v) is 3.42. The molecule has 0 bridgehead atoms. The number of halogens is 1. The van der Waals surface area contributed by atoms with E-state index in [1.165, 1.54) is 4.52 Å². The number of hydrogen-bond donors (Lipinski definition) is 1. The molecule has 0 saturated heterocycles. The van der Waals surface area contributed by atoms with E-state index >= 15 is 0 Å². The van der Waals surface area contributed by atoms with Crippen molar-refractivity contribution < 1.29 is 0 Å². The number of imidazole rings is 1. The molecule has 3 rings (SSSR count). The van der Waals surface area contributed by atoms with Crippen LogP contribution in [0.3, 0.4) is 0 Å². The van der Waals surface area contributed by atoms with Gasteiger partial charge in [-0.05, 0) is 24.9 Å². The van der Waals surface area contributed by atoms with E-state index in [0.29, 0.717) is 29.2 Å². The van der Waals surface area contributed by atoms with Crippen molar-refractivity contribution in [2.24, 2.45) is 0 Å². The van der Waals surface area contributed by atoms with Crippen molar-refractivity contribution in [2.45, 2.75) is 39.7 Å². The summed E-state index contributed by atoms with van der Waals surface area (Å²) in [6.45, 7) is 4.46. The maximum absolute atomic E-state index is 12.5. The standard InChI is InChI=1S/C12H15ClN6O/c1-3-4-5-6-18-9-8(15-11(13)16-9)10-14-7(2)17-19(10)12(18)20/h3-6H2,1-2H3,(H,15,16). The second-order valence-corrected chi connectivity index (χ2v) is 5.12. The highest BCUT2D eigenvalue weighted by Crippen LogP contribution is 2.17. The van der Waals surface area contributed by atoms with E-state index in [1.54, 1.807) is 11.5 Å². The fraction of sp³-hybridized carbons (Fsp3) is 0.500. The Morgan fingerprint density at radius 2 is 2.05 bits per heavy atom. The Hall–Kier alpha value is -1.89. The summed E-state index contributed by atoms with van der Waals surface area (Å²) in [7, 11) is 0. The second kappa shape index (κ2) is 4.90. The Bertz CT molecular complexity index is 830. The minimum atomic E-state index is -0.229. The molecule has 0 radical (unpaired) electrons. The molecule has 20 heavy (non-hydrogen) atoms. The average molecular weight is 295 g/mol. The van der Waals surface area contributed by atoms with Crippen LogP contribution in [0.5, 0.6) is 0 Å². The molecule has 0 saturated carbocycles. The molecule has 3 heterocycles. The molecule has 0 fully saturated rings. The van der Waals surface area contributed by atoms with Crippen molar-refractivity contribution >= 4 is 28.4 Å². The molecule has 0 aromatic carbocycles. The maximum Gasteiger partial charge on any atom is 0.352 e. The molecule has 0 aliphatic rings. The van der Waals surface area contributed by atoms with Crippen molar-refractivity contribution in [3.05, 3.63) is 21.6 Å². The van der Waals surface area contributed by atoms with Gasteiger partial charge < -0.3 is 4.98 Å². The minimum absolute atomic E-state index is 0.229. The summed E-state index contributed by atoms with van der Waals surface area (Å²) in [4.78, 5) is 23.9. The molecule has 8 heteroatoms. The Morgan fingerprint density at radius 1 is 1.25 bits per heavy atom. The van der Waals surface area contributed by atoms with Gasteiger partial charge >= 0.3 is 5.69 Å². The third kappa shape index (κ3) is 1.98. The summed E-state index contributed by atoms with van der Waals surface area (Å²) < 4.78 is 2.91. The predicted octanol–water partition coefficient (Wildman–Crippen LogP) is 1.92. The smallest absolute Gasteiger partial charge is 0.324 e. The SMILES string of the molecule is CCCCCn1c(=O)n2nc(C)nc2c2[nH]c(Cl)nc21. The zero-order valence-corrected chi connectivity index (χ0v) is 12.1. The average Bonchev–Trinajstić information content (AvgIpc) is 2.96. The van der Waals surface area contributed by atoms with Crippen LogP contribution >= 0.6 is 11.6 Å². The number of nitrogens with zero attached hydrogens (tertiary/aromatic N) is 5. The molecular weight excluding hydrogens is 280 g/mol. The lowest BCUT2D eigenvalue weighted by molar-refractivity contribution is 0.578. The van der Waals surface area contributed by atoms with Gasteiger partial charge in [0.05, 0.1) is 0 Å². The number of aromatic amines is 1. The molecule has 0 aliphatic carbocycles. The zero-order chi connectivity index (χ0) is 14.3. The van der Waals surface area contributed by atoms with Gasteiger partial charge in [0.2, 0.25) is 5.28 Å². The van der Waals surface area contributed by atoms with Gasteiger partial charge in [0, 0.05) is 6.54 Å². The summed E-state index contributed by atoms with van der Waals surface area (Å²) in [6.07, 6.45) is 3.06. The van der Waals surface area contributed by atoms with E-state index in [9.17, 15) is 4.79 Å². The quantitative estimate of drug-likeness (QED) is 0.589. The molecule has 7 nitrogen and oxygen atoms in total. The molecule has 3 aromatic heterocycles. The van der Waals surface area contributed by atoms with Gasteiger partial charge in [-0.1, -0.05) is 19.8 Å². The molecule has 0 aliphatic heterocycles. The van der Waals surface area contributed by atoms with Crippen molar-refractivity contribution in [3.8, 4) is 0 Å². The number of unbranched alkanes of at least 4 members (excludes halogenated alkanes) is 2. The van der Waals surface area contributed by atoms with E-state index in [-0.39, 0.29) is 11.0 Å². The molecule has 1 N–H and O–H groups in total. The Morgan fingerprint density at radius 3 is 2.80 bits per heavy atom. The van der Waals surface area contributed by atoms with Crippen LogP contribution in [-0.2, 0) is 6.54 Å². The van der Waals surface area contributed by atoms with Crippen LogP contribution in [0.25, 0.3) is 16.8 Å². The van der Waals surface area contributed by atoms with Gasteiger partial charge in [0.15, 0.2) is 11.3 Å². The number of aryl methyl sites for hydroxylation is 2. The Labute approximate surface area is 119 Å². The van der Waals surface area contributed by atoms with Crippen LogP contribution in [0.1, 0.15) is 32.0 Å². The molecule has 0 unspecified atom stereocenters. The zero-order valence-electron chi connectivity index (χ0n) is 11.4. The number of H-pyrrole nitrogens is 1. The maximum atomic E-state index is 12.5. The Balaban J connectivity index is 2.29. The van der Waals surface area contributed by atoms with Gasteiger partial charge in [-0.2, -0.15) is 9.50 Å². The number of rotatable bonds is 4. The lowest BCUT2D eigenvalue weighted by Gasteiger charge is -2.06. The summed E-state index contributed by atoms with van der Waals surface area (Å²) >= 11 is 5.94. The largest absolute Gasteiger partial charge is 0.352 e. The summed E-state index contributed by atoms with van der Waals surface area (Å²) in [5, 5.41) is 4.39. The fourth-order valence-electron chi connectivity index (χ4n) is 2.32. The normalized spacial score (nSPS) is 11.8. The lowest BCUT2D eigenvalue weighted by atomic mass is 10.2. The third-order valence-electron chi connectivity index (χ3n) is 3.25. The monoisotopic (exact) mass is 294 g/mol. The van der Waals surface area contributed by atoms with Crippen LogP contribution < -0.4 is 5.69 Å². The number of nitrogens with one attached hydrogen (secondary N) is 1. The van der Waals surface area contributed by atoms with Crippen molar-refractivity contribution in [2.75, 3.05) is 0 Å². The van der Waals surface area contributed by atoms with Gasteiger partial charge in [0.1, 0.15) is 11.3 Å². The van der Waals surface area contributed by atoms with Crippen LogP contribution in [0, 0.1) is 6.92 Å². The first-order chi connectivity index (χ1) is 9.61. The summed E-state index contributed by atoms with van der Waals surface area (Å²) in [5.41, 5.74) is 1.42. The minimum Gasteiger partial charge on any atom is -0.324 e. The van der Waals surface area contributed by atoms with E-state index in [4.69, 9.17) is 11.6 Å². The number of fused-ring (bicyclic) bond motifs is 3. The number of hydrogen-bond acceptors (Lipinski definition) is 4. The van der Waals surface area contributed by atoms with Gasteiger partial charge in [-0.15, -0.1) is 5.10 Å². The fourth-order valence-corrected chi connectivity index (χ4v) is 2.50. The highest BCUT2D eigenvalue weighted by molar-refractivity contribution is 6.29. The van der Waals surface area contributed by atoms with E-state index < -0.39 is 0 Å². The van der Waals surface area contributed by atoms with Gasteiger partial charge in [-0.25, -0.2) is 9.78 Å². The molecule has 0 amide bonds. The molecule has 106 valence electrons. The molecular formula is C12H15ClN6O. The van der Waals surface area contributed by atoms with Crippen molar-refractivity contribution in [3.63, 3.8) is 0 Å². The first-order valence-corrected chi connectivity index (χ1v) is 7.01. The molecule has 0 spiro atoms. The van der Waals surface area contributed by atoms with Crippen LogP contribution in [-0.4, -0.2) is 29.1 Å². The molecule has 0 atom stereocenters. The van der Waals surface area contributed by atoms with Crippen molar-refractivity contribution in [1.82, 2.24) is 29.1 Å². The van der Waals surface area contributed by atoms with E-state index in [2.05, 4.69) is 27.0 Å². The van der Waals surface area contributed by atoms with E-state index in [0.717, 1.165) is 19.3 Å². The Kier molecular flexibility index (Phi) is 3.21. The van der Waals surface area contributed by atoms with Gasteiger partial charge in [0.25, 0.3) is 0 Å². The predicted molar refractivity (Wildman–Crippen MR) is 76.2 cm³/mol. The first kappa shape index (κ1) is 13.1. The van der Waals surface area contributed by atoms with E-state index in [1.807, 2.05) is 0 Å². The van der Waals surface area contributed by atoms with Gasteiger partial charge in [-0.3, -0.25) is 4.57 Å². The summed E-state index contributed by atoms with van der Waals surface area (Å²) in [5.74, 6) is 0.542. The highest BCUT2D eigenvalue weighted by Gasteiger charge is 2.16. The van der Waals surface area contributed by atoms with Crippen LogP contribution in [0.2, 0.25) is 5.28 Å². The highest BCUT2D eigenvalue weighted by atomic mass is 35.5. The summed E-state index contributed by atoms with van der Waals surface area (Å²) in [6, 6.07) is 0. The van der Waals surface area contributed by atoms with Crippen molar-refractivity contribution in [1.29, 1.82) is 0 Å². The second-order valence-electron chi connectivity index (χ2n) is 4.76. The topological polar surface area (TPSA) is 80.9 Å². The molecule has 3 aromatic rings.